The number of benzene rings is 4. The summed E-state index contributed by atoms with van der Waals surface area (Å²) in [6.45, 7) is 0. The van der Waals surface area contributed by atoms with E-state index in [0.29, 0.717) is 0 Å². The first-order valence-corrected chi connectivity index (χ1v) is 12.3. The molecule has 0 fully saturated rings. The van der Waals surface area contributed by atoms with Gasteiger partial charge in [0.2, 0.25) is 5.82 Å². The molecule has 1 N–H and O–H groups in total. The lowest BCUT2D eigenvalue weighted by molar-refractivity contribution is 0.352. The zero-order valence-corrected chi connectivity index (χ0v) is 20.8. The highest BCUT2D eigenvalue weighted by molar-refractivity contribution is 7.85. The smallest absolute Gasteiger partial charge is 0.282 e. The van der Waals surface area contributed by atoms with Gasteiger partial charge in [-0.2, -0.15) is 8.42 Å². The number of hydrogen-bond donors (Lipinski definition) is 2. The van der Waals surface area contributed by atoms with Gasteiger partial charge in [0.05, 0.1) is 0 Å². The molecular formula is C24H13Cl2F5O3S2. The first-order valence-electron chi connectivity index (χ1n) is 9.65. The maximum Gasteiger partial charge on any atom is 0.300 e. The Morgan fingerprint density at radius 2 is 1.06 bits per heavy atom. The van der Waals surface area contributed by atoms with E-state index >= 15 is 0 Å². The van der Waals surface area contributed by atoms with Crippen molar-refractivity contribution < 1.29 is 34.9 Å². The first kappa shape index (κ1) is 27.9. The van der Waals surface area contributed by atoms with E-state index in [2.05, 4.69) is 18.7 Å². The topological polar surface area (TPSA) is 54.4 Å². The molecule has 0 aliphatic rings. The van der Waals surface area contributed by atoms with Crippen LogP contribution < -0.4 is 0 Å². The average Bonchev–Trinajstić information content (AvgIpc) is 2.82. The van der Waals surface area contributed by atoms with E-state index in [1.165, 1.54) is 0 Å². The second-order valence-electron chi connectivity index (χ2n) is 7.09. The minimum atomic E-state index is -5.52. The fraction of sp³-hybridized carbons (Fsp3) is 0. The molecule has 4 rings (SSSR count). The monoisotopic (exact) mass is 578 g/mol. The first-order chi connectivity index (χ1) is 16.8. The predicted octanol–water partition coefficient (Wildman–Crippen LogP) is 8.24. The quantitative estimate of drug-likeness (QED) is 0.0845. The van der Waals surface area contributed by atoms with Gasteiger partial charge in [-0.25, -0.2) is 22.0 Å². The molecule has 0 atom stereocenters. The van der Waals surface area contributed by atoms with E-state index in [1.54, 1.807) is 0 Å². The summed E-state index contributed by atoms with van der Waals surface area (Å²) in [6.07, 6.45) is 0. The highest BCUT2D eigenvalue weighted by Gasteiger charge is 2.32. The van der Waals surface area contributed by atoms with Crippen molar-refractivity contribution >= 4 is 45.9 Å². The largest absolute Gasteiger partial charge is 0.300 e. The zero-order chi connectivity index (χ0) is 26.8. The Morgan fingerprint density at radius 1 is 0.639 bits per heavy atom. The van der Waals surface area contributed by atoms with Gasteiger partial charge in [0.25, 0.3) is 0 Å². The van der Waals surface area contributed by atoms with Gasteiger partial charge < -0.3 is 0 Å². The van der Waals surface area contributed by atoms with Gasteiger partial charge in [-0.05, 0) is 47.0 Å². The van der Waals surface area contributed by atoms with Crippen molar-refractivity contribution in [1.29, 1.82) is 0 Å². The van der Waals surface area contributed by atoms with Crippen molar-refractivity contribution in [2.75, 3.05) is 0 Å². The van der Waals surface area contributed by atoms with Crippen LogP contribution in [-0.4, -0.2) is 13.0 Å². The highest BCUT2D eigenvalue weighted by Crippen LogP contribution is 2.37. The third-order valence-electron chi connectivity index (χ3n) is 4.76. The fourth-order valence-corrected chi connectivity index (χ4v) is 4.36. The van der Waals surface area contributed by atoms with E-state index in [4.69, 9.17) is 27.8 Å². The second kappa shape index (κ2) is 11.2. The van der Waals surface area contributed by atoms with Crippen LogP contribution >= 0.6 is 35.8 Å². The molecule has 0 unspecified atom stereocenters. The van der Waals surface area contributed by atoms with Crippen LogP contribution in [0.3, 0.4) is 0 Å². The Bertz CT molecular complexity index is 1500. The van der Waals surface area contributed by atoms with Crippen LogP contribution in [0.5, 0.6) is 0 Å². The van der Waals surface area contributed by atoms with Gasteiger partial charge in [-0.1, -0.05) is 59.6 Å². The number of hydrogen-bond acceptors (Lipinski definition) is 3. The lowest BCUT2D eigenvalue weighted by Crippen LogP contribution is -2.11. The lowest BCUT2D eigenvalue weighted by atomic mass is 9.94. The predicted molar refractivity (Wildman–Crippen MR) is 131 cm³/mol. The summed E-state index contributed by atoms with van der Waals surface area (Å²) in [7, 11) is -5.52. The van der Waals surface area contributed by atoms with Gasteiger partial charge in [0.1, 0.15) is 0 Å². The Labute approximate surface area is 218 Å². The van der Waals surface area contributed by atoms with Crippen LogP contribution in [0, 0.1) is 29.1 Å². The molecule has 0 bridgehead atoms. The summed E-state index contributed by atoms with van der Waals surface area (Å²) in [6, 6.07) is 21.7. The fourth-order valence-electron chi connectivity index (χ4n) is 3.14. The van der Waals surface area contributed by atoms with Crippen LogP contribution in [0.2, 0.25) is 10.0 Å². The standard InChI is InChI=1S/C18H12Cl2S.C6HF5O3S/c19-14-8-4-12(5-9-14)16-2-1-3-17(21)18(16)13-6-10-15(20)11-7-13;7-1-2(8)4(10)6(15(12,13)14)5(11)3(1)9/h1-11,21H;(H,12,13,14). The Hall–Kier alpha value is -2.63. The molecule has 0 amide bonds. The highest BCUT2D eigenvalue weighted by atomic mass is 35.5. The minimum absolute atomic E-state index is 0.725. The lowest BCUT2D eigenvalue weighted by Gasteiger charge is -2.13. The molecule has 12 heteroatoms. The maximum atomic E-state index is 12.6. The Kier molecular flexibility index (Phi) is 8.68. The summed E-state index contributed by atoms with van der Waals surface area (Å²) in [5.74, 6) is -12.6. The summed E-state index contributed by atoms with van der Waals surface area (Å²) in [5, 5.41) is 1.46. The van der Waals surface area contributed by atoms with Crippen molar-refractivity contribution in [3.63, 3.8) is 0 Å². The van der Waals surface area contributed by atoms with E-state index in [-0.39, 0.29) is 0 Å². The average molecular weight is 579 g/mol. The second-order valence-corrected chi connectivity index (χ2v) is 9.80. The molecule has 0 radical (unpaired) electrons. The van der Waals surface area contributed by atoms with Crippen molar-refractivity contribution in [3.8, 4) is 22.3 Å². The molecule has 0 aromatic heterocycles. The van der Waals surface area contributed by atoms with Gasteiger partial charge in [0, 0.05) is 20.5 Å². The van der Waals surface area contributed by atoms with Crippen LogP contribution in [0.25, 0.3) is 22.3 Å². The van der Waals surface area contributed by atoms with E-state index in [1.807, 2.05) is 60.7 Å². The van der Waals surface area contributed by atoms with Crippen molar-refractivity contribution in [3.05, 3.63) is 106 Å². The minimum Gasteiger partial charge on any atom is -0.282 e. The third-order valence-corrected chi connectivity index (χ3v) is 6.51. The molecule has 0 heterocycles. The maximum absolute atomic E-state index is 12.6. The molecule has 0 saturated carbocycles. The van der Waals surface area contributed by atoms with Crippen LogP contribution in [0.4, 0.5) is 22.0 Å². The summed E-state index contributed by atoms with van der Waals surface area (Å²) in [4.78, 5) is -1.33. The van der Waals surface area contributed by atoms with E-state index < -0.39 is 44.1 Å². The number of rotatable bonds is 3. The van der Waals surface area contributed by atoms with Crippen LogP contribution in [0.1, 0.15) is 0 Å². The van der Waals surface area contributed by atoms with Gasteiger partial charge in [-0.15, -0.1) is 12.6 Å². The summed E-state index contributed by atoms with van der Waals surface area (Å²) >= 11 is 16.6. The molecule has 4 aromatic rings. The van der Waals surface area contributed by atoms with Crippen molar-refractivity contribution in [2.45, 2.75) is 9.79 Å². The molecule has 3 nitrogen and oxygen atoms in total. The molecule has 4 aromatic carbocycles. The third kappa shape index (κ3) is 6.01. The SMILES string of the molecule is O=S(=O)(O)c1c(F)c(F)c(F)c(F)c1F.Sc1cccc(-c2ccc(Cl)cc2)c1-c1ccc(Cl)cc1. The van der Waals surface area contributed by atoms with E-state index in [9.17, 15) is 30.4 Å². The van der Waals surface area contributed by atoms with Crippen molar-refractivity contribution in [1.82, 2.24) is 0 Å². The molecule has 0 aliphatic heterocycles. The Morgan fingerprint density at radius 3 is 1.50 bits per heavy atom. The molecule has 0 saturated heterocycles. The zero-order valence-electron chi connectivity index (χ0n) is 17.6. The normalized spacial score (nSPS) is 11.1. The Balaban J connectivity index is 0.000000214. The summed E-state index contributed by atoms with van der Waals surface area (Å²) < 4.78 is 91.3. The molecule has 0 aliphatic carbocycles. The molecule has 188 valence electrons. The van der Waals surface area contributed by atoms with Crippen LogP contribution in [-0.2, 0) is 10.1 Å². The van der Waals surface area contributed by atoms with Crippen LogP contribution in [0.15, 0.2) is 76.5 Å². The molecule has 0 spiro atoms. The van der Waals surface area contributed by atoms with Gasteiger partial charge in [0.15, 0.2) is 28.2 Å². The van der Waals surface area contributed by atoms with Gasteiger partial charge >= 0.3 is 10.1 Å². The van der Waals surface area contributed by atoms with E-state index in [0.717, 1.165) is 37.2 Å². The number of thiol groups is 1. The van der Waals surface area contributed by atoms with Gasteiger partial charge in [-0.3, -0.25) is 4.55 Å². The summed E-state index contributed by atoms with van der Waals surface area (Å²) in [5.41, 5.74) is 4.43. The van der Waals surface area contributed by atoms with Crippen molar-refractivity contribution in [2.24, 2.45) is 0 Å². The molecular weight excluding hydrogens is 566 g/mol. The number of halogens is 7. The molecule has 36 heavy (non-hydrogen) atoms.